The minimum atomic E-state index is -3.86. The van der Waals surface area contributed by atoms with Crippen molar-refractivity contribution in [2.45, 2.75) is 18.7 Å². The number of amides is 1. The van der Waals surface area contributed by atoms with Crippen molar-refractivity contribution in [2.24, 2.45) is 0 Å². The van der Waals surface area contributed by atoms with E-state index in [1.165, 1.54) is 0 Å². The molecular weight excluding hydrogens is 298 g/mol. The fourth-order valence-corrected chi connectivity index (χ4v) is 3.07. The average molecular weight is 315 g/mol. The molecule has 0 saturated carbocycles. The van der Waals surface area contributed by atoms with Crippen LogP contribution in [0.4, 0.5) is 5.69 Å². The van der Waals surface area contributed by atoms with E-state index in [4.69, 9.17) is 0 Å². The largest absolute Gasteiger partial charge is 0.355 e. The molecule has 0 heterocycles. The summed E-state index contributed by atoms with van der Waals surface area (Å²) in [6, 6.07) is 4.56. The summed E-state index contributed by atoms with van der Waals surface area (Å²) >= 11 is 0. The Hall–Kier alpha value is -2.00. The van der Waals surface area contributed by atoms with E-state index >= 15 is 0 Å². The second-order valence-electron chi connectivity index (χ2n) is 4.14. The number of likely N-dealkylation sites (N-methyl/N-ethyl adjacent to an activating group) is 2. The number of nitrogens with one attached hydrogen (secondary N) is 1. The van der Waals surface area contributed by atoms with Crippen LogP contribution in [0, 0.1) is 10.1 Å². The summed E-state index contributed by atoms with van der Waals surface area (Å²) in [6.07, 6.45) is 0. The van der Waals surface area contributed by atoms with Crippen molar-refractivity contribution in [3.63, 3.8) is 0 Å². The van der Waals surface area contributed by atoms with Gasteiger partial charge in [-0.15, -0.1) is 0 Å². The Balaban J connectivity index is 3.01. The molecule has 1 rings (SSSR count). The summed E-state index contributed by atoms with van der Waals surface area (Å²) in [4.78, 5) is 21.4. The molecule has 0 aliphatic carbocycles. The van der Waals surface area contributed by atoms with Gasteiger partial charge in [0.25, 0.3) is 5.69 Å². The average Bonchev–Trinajstić information content (AvgIpc) is 2.45. The number of rotatable bonds is 7. The fraction of sp³-hybridized carbons (Fsp3) is 0.417. The normalized spacial score (nSPS) is 11.4. The highest BCUT2D eigenvalue weighted by Crippen LogP contribution is 2.19. The van der Waals surface area contributed by atoms with Gasteiger partial charge in [-0.05, 0) is 19.1 Å². The lowest BCUT2D eigenvalue weighted by Gasteiger charge is -2.19. The van der Waals surface area contributed by atoms with Gasteiger partial charge in [0.15, 0.2) is 0 Å². The van der Waals surface area contributed by atoms with E-state index in [-0.39, 0.29) is 23.7 Å². The van der Waals surface area contributed by atoms with E-state index in [2.05, 4.69) is 5.32 Å². The molecule has 0 fully saturated rings. The molecule has 0 aromatic heterocycles. The first-order valence-electron chi connectivity index (χ1n) is 6.34. The van der Waals surface area contributed by atoms with Crippen molar-refractivity contribution >= 4 is 21.6 Å². The zero-order chi connectivity index (χ0) is 16.0. The van der Waals surface area contributed by atoms with Crippen molar-refractivity contribution in [3.8, 4) is 0 Å². The van der Waals surface area contributed by atoms with Crippen LogP contribution in [0.3, 0.4) is 0 Å². The first-order chi connectivity index (χ1) is 9.82. The SMILES string of the molecule is CCNC(=O)CN(CC)S(=O)(=O)c1ccc([N+](=O)[O-])cc1. The van der Waals surface area contributed by atoms with Gasteiger partial charge >= 0.3 is 0 Å². The van der Waals surface area contributed by atoms with E-state index in [0.717, 1.165) is 28.6 Å². The van der Waals surface area contributed by atoms with Gasteiger partial charge in [0.1, 0.15) is 0 Å². The summed E-state index contributed by atoms with van der Waals surface area (Å²) in [5, 5.41) is 13.1. The van der Waals surface area contributed by atoms with Crippen molar-refractivity contribution in [1.29, 1.82) is 0 Å². The van der Waals surface area contributed by atoms with Crippen molar-refractivity contribution in [2.75, 3.05) is 19.6 Å². The molecule has 8 nitrogen and oxygen atoms in total. The highest BCUT2D eigenvalue weighted by atomic mass is 32.2. The molecule has 1 aromatic rings. The van der Waals surface area contributed by atoms with Gasteiger partial charge in [-0.2, -0.15) is 4.31 Å². The van der Waals surface area contributed by atoms with Crippen LogP contribution in [0.1, 0.15) is 13.8 Å². The van der Waals surface area contributed by atoms with Crippen LogP contribution in [-0.4, -0.2) is 43.2 Å². The molecule has 9 heteroatoms. The maximum atomic E-state index is 12.4. The van der Waals surface area contributed by atoms with Crippen molar-refractivity contribution in [1.82, 2.24) is 9.62 Å². The Morgan fingerprint density at radius 2 is 1.86 bits per heavy atom. The Kier molecular flexibility index (Phi) is 5.79. The lowest BCUT2D eigenvalue weighted by Crippen LogP contribution is -2.40. The molecule has 0 aliphatic rings. The summed E-state index contributed by atoms with van der Waals surface area (Å²) in [6.45, 7) is 3.59. The van der Waals surface area contributed by atoms with Gasteiger partial charge in [0.05, 0.1) is 16.4 Å². The molecule has 21 heavy (non-hydrogen) atoms. The van der Waals surface area contributed by atoms with E-state index in [1.807, 2.05) is 0 Å². The number of nitrogens with zero attached hydrogens (tertiary/aromatic N) is 2. The standard InChI is InChI=1S/C12H17N3O5S/c1-3-13-12(16)9-14(4-2)21(19,20)11-7-5-10(6-8-11)15(17)18/h5-8H,3-4,9H2,1-2H3,(H,13,16). The number of carbonyl (C=O) groups is 1. The molecule has 0 aliphatic heterocycles. The maximum Gasteiger partial charge on any atom is 0.269 e. The molecule has 0 atom stereocenters. The number of carbonyl (C=O) groups excluding carboxylic acids is 1. The lowest BCUT2D eigenvalue weighted by atomic mass is 10.3. The number of hydrogen-bond acceptors (Lipinski definition) is 5. The number of nitro benzene ring substituents is 1. The Morgan fingerprint density at radius 1 is 1.29 bits per heavy atom. The minimum Gasteiger partial charge on any atom is -0.355 e. The highest BCUT2D eigenvalue weighted by Gasteiger charge is 2.25. The molecule has 0 radical (unpaired) electrons. The quantitative estimate of drug-likeness (QED) is 0.589. The van der Waals surface area contributed by atoms with Gasteiger partial charge in [-0.1, -0.05) is 6.92 Å². The van der Waals surface area contributed by atoms with E-state index in [1.54, 1.807) is 13.8 Å². The van der Waals surface area contributed by atoms with Crippen molar-refractivity contribution in [3.05, 3.63) is 34.4 Å². The maximum absolute atomic E-state index is 12.4. The molecule has 1 aromatic carbocycles. The number of hydrogen-bond donors (Lipinski definition) is 1. The Bertz CT molecular complexity index is 612. The van der Waals surface area contributed by atoms with Crippen LogP contribution in [0.15, 0.2) is 29.2 Å². The molecule has 0 saturated heterocycles. The van der Waals surface area contributed by atoms with Crippen LogP contribution < -0.4 is 5.32 Å². The lowest BCUT2D eigenvalue weighted by molar-refractivity contribution is -0.384. The molecular formula is C12H17N3O5S. The first kappa shape index (κ1) is 17.1. The number of benzene rings is 1. The van der Waals surface area contributed by atoms with Crippen LogP contribution in [0.5, 0.6) is 0 Å². The number of sulfonamides is 1. The van der Waals surface area contributed by atoms with Gasteiger partial charge in [0, 0.05) is 25.2 Å². The Morgan fingerprint density at radius 3 is 2.29 bits per heavy atom. The van der Waals surface area contributed by atoms with Crippen LogP contribution in [-0.2, 0) is 14.8 Å². The first-order valence-corrected chi connectivity index (χ1v) is 7.78. The fourth-order valence-electron chi connectivity index (χ4n) is 1.67. The van der Waals surface area contributed by atoms with E-state index in [9.17, 15) is 23.3 Å². The molecule has 0 bridgehead atoms. The number of nitro groups is 1. The summed E-state index contributed by atoms with van der Waals surface area (Å²) in [7, 11) is -3.86. The topological polar surface area (TPSA) is 110 Å². The van der Waals surface area contributed by atoms with Gasteiger partial charge in [-0.25, -0.2) is 8.42 Å². The zero-order valence-corrected chi connectivity index (χ0v) is 12.6. The molecule has 1 amide bonds. The zero-order valence-electron chi connectivity index (χ0n) is 11.8. The van der Waals surface area contributed by atoms with Crippen LogP contribution in [0.25, 0.3) is 0 Å². The molecule has 0 spiro atoms. The minimum absolute atomic E-state index is 0.0840. The monoisotopic (exact) mass is 315 g/mol. The summed E-state index contributed by atoms with van der Waals surface area (Å²) < 4.78 is 25.7. The summed E-state index contributed by atoms with van der Waals surface area (Å²) in [5.41, 5.74) is -0.194. The van der Waals surface area contributed by atoms with E-state index in [0.29, 0.717) is 6.54 Å². The smallest absolute Gasteiger partial charge is 0.269 e. The second kappa shape index (κ2) is 7.14. The van der Waals surface area contributed by atoms with Crippen molar-refractivity contribution < 1.29 is 18.1 Å². The van der Waals surface area contributed by atoms with E-state index < -0.39 is 20.9 Å². The highest BCUT2D eigenvalue weighted by molar-refractivity contribution is 7.89. The molecule has 116 valence electrons. The van der Waals surface area contributed by atoms with Gasteiger partial charge in [-0.3, -0.25) is 14.9 Å². The predicted molar refractivity (Wildman–Crippen MR) is 76.2 cm³/mol. The third-order valence-corrected chi connectivity index (χ3v) is 4.67. The Labute approximate surface area is 123 Å². The third kappa shape index (κ3) is 4.23. The van der Waals surface area contributed by atoms with Crippen LogP contribution in [0.2, 0.25) is 0 Å². The third-order valence-electron chi connectivity index (χ3n) is 2.73. The molecule has 0 unspecified atom stereocenters. The van der Waals surface area contributed by atoms with Gasteiger partial charge in [0.2, 0.25) is 15.9 Å². The number of non-ortho nitro benzene ring substituents is 1. The van der Waals surface area contributed by atoms with Crippen LogP contribution >= 0.6 is 0 Å². The second-order valence-corrected chi connectivity index (χ2v) is 6.07. The van der Waals surface area contributed by atoms with Gasteiger partial charge < -0.3 is 5.32 Å². The predicted octanol–water partition coefficient (Wildman–Crippen LogP) is 0.741. The molecule has 1 N–H and O–H groups in total. The summed E-state index contributed by atoms with van der Waals surface area (Å²) in [5.74, 6) is -0.398.